The van der Waals surface area contributed by atoms with Gasteiger partial charge in [0.1, 0.15) is 0 Å². The molecule has 1 aromatic rings. The number of halogens is 3. The maximum atomic E-state index is 11.9. The highest BCUT2D eigenvalue weighted by molar-refractivity contribution is 4.88. The summed E-state index contributed by atoms with van der Waals surface area (Å²) < 4.78 is 40.6. The molecule has 1 atom stereocenters. The van der Waals surface area contributed by atoms with Crippen LogP contribution in [0.3, 0.4) is 0 Å². The molecule has 0 aromatic carbocycles. The highest BCUT2D eigenvalue weighted by Gasteiger charge is 2.28. The number of hydrogen-bond donors (Lipinski definition) is 1. The van der Waals surface area contributed by atoms with Crippen LogP contribution >= 0.6 is 0 Å². The maximum Gasteiger partial charge on any atom is 0.389 e. The van der Waals surface area contributed by atoms with Crippen LogP contribution in [-0.4, -0.2) is 16.4 Å². The Balaban J connectivity index is 2.53. The van der Waals surface area contributed by atoms with Gasteiger partial charge in [-0.2, -0.15) is 13.2 Å². The summed E-state index contributed by atoms with van der Waals surface area (Å²) >= 11 is 0. The molecule has 1 rings (SSSR count). The van der Waals surface area contributed by atoms with Gasteiger partial charge in [0.15, 0.2) is 0 Å². The molecule has 0 amide bonds. The van der Waals surface area contributed by atoms with E-state index in [4.69, 9.17) is 10.2 Å². The van der Waals surface area contributed by atoms with E-state index in [0.717, 1.165) is 0 Å². The summed E-state index contributed by atoms with van der Waals surface area (Å²) in [6.07, 6.45) is -4.87. The van der Waals surface area contributed by atoms with Gasteiger partial charge in [-0.25, -0.2) is 0 Å². The van der Waals surface area contributed by atoms with E-state index in [9.17, 15) is 13.2 Å². The van der Waals surface area contributed by atoms with Crippen molar-refractivity contribution in [2.24, 2.45) is 5.73 Å². The first-order valence-corrected chi connectivity index (χ1v) is 4.57. The SMILES string of the molecule is CCC(N)c1nnc(CCC(F)(F)F)o1. The molecule has 0 fully saturated rings. The summed E-state index contributed by atoms with van der Waals surface area (Å²) in [7, 11) is 0. The van der Waals surface area contributed by atoms with Crippen molar-refractivity contribution in [3.8, 4) is 0 Å². The Kier molecular flexibility index (Phi) is 3.67. The molecule has 2 N–H and O–H groups in total. The van der Waals surface area contributed by atoms with E-state index in [0.29, 0.717) is 6.42 Å². The van der Waals surface area contributed by atoms with E-state index >= 15 is 0 Å². The molecule has 1 heterocycles. The molecular formula is C8H12F3N3O. The van der Waals surface area contributed by atoms with Gasteiger partial charge in [-0.1, -0.05) is 6.92 Å². The predicted molar refractivity (Wildman–Crippen MR) is 45.9 cm³/mol. The smallest absolute Gasteiger partial charge is 0.389 e. The van der Waals surface area contributed by atoms with Crippen molar-refractivity contribution in [2.45, 2.75) is 38.4 Å². The number of nitrogens with zero attached hydrogens (tertiary/aromatic N) is 2. The Labute approximate surface area is 84.7 Å². The second kappa shape index (κ2) is 4.61. The Hall–Kier alpha value is -1.11. The van der Waals surface area contributed by atoms with Gasteiger partial charge in [0.25, 0.3) is 0 Å². The van der Waals surface area contributed by atoms with Crippen LogP contribution in [0.1, 0.15) is 37.6 Å². The molecule has 4 nitrogen and oxygen atoms in total. The fourth-order valence-electron chi connectivity index (χ4n) is 0.941. The maximum absolute atomic E-state index is 11.9. The average molecular weight is 223 g/mol. The second-order valence-electron chi connectivity index (χ2n) is 3.16. The van der Waals surface area contributed by atoms with Crippen LogP contribution in [-0.2, 0) is 6.42 Å². The molecule has 15 heavy (non-hydrogen) atoms. The zero-order chi connectivity index (χ0) is 11.5. The number of rotatable bonds is 4. The number of alkyl halides is 3. The third-order valence-corrected chi connectivity index (χ3v) is 1.86. The number of hydrogen-bond acceptors (Lipinski definition) is 4. The van der Waals surface area contributed by atoms with Gasteiger partial charge >= 0.3 is 6.18 Å². The van der Waals surface area contributed by atoms with Crippen molar-refractivity contribution < 1.29 is 17.6 Å². The minimum absolute atomic E-state index is 0.0220. The van der Waals surface area contributed by atoms with Crippen LogP contribution in [0.2, 0.25) is 0 Å². The topological polar surface area (TPSA) is 64.9 Å². The Morgan fingerprint density at radius 2 is 2.07 bits per heavy atom. The summed E-state index contributed by atoms with van der Waals surface area (Å²) in [6, 6.07) is -0.405. The third kappa shape index (κ3) is 3.86. The van der Waals surface area contributed by atoms with Gasteiger partial charge in [0.05, 0.1) is 12.5 Å². The lowest BCUT2D eigenvalue weighted by atomic mass is 10.2. The Morgan fingerprint density at radius 1 is 1.40 bits per heavy atom. The highest BCUT2D eigenvalue weighted by Crippen LogP contribution is 2.22. The standard InChI is InChI=1S/C8H12F3N3O/c1-2-5(12)7-14-13-6(15-7)3-4-8(9,10)11/h5H,2-4,12H2,1H3. The molecule has 0 bridgehead atoms. The molecule has 0 aliphatic carbocycles. The van der Waals surface area contributed by atoms with Crippen molar-refractivity contribution in [1.29, 1.82) is 0 Å². The highest BCUT2D eigenvalue weighted by atomic mass is 19.4. The largest absolute Gasteiger partial charge is 0.424 e. The lowest BCUT2D eigenvalue weighted by Gasteiger charge is -2.03. The number of aryl methyl sites for hydroxylation is 1. The quantitative estimate of drug-likeness (QED) is 0.847. The zero-order valence-corrected chi connectivity index (χ0v) is 8.21. The van der Waals surface area contributed by atoms with Crippen molar-refractivity contribution in [1.82, 2.24) is 10.2 Å². The zero-order valence-electron chi connectivity index (χ0n) is 8.21. The molecule has 0 radical (unpaired) electrons. The van der Waals surface area contributed by atoms with Gasteiger partial charge in [0.2, 0.25) is 11.8 Å². The molecular weight excluding hydrogens is 211 g/mol. The average Bonchev–Trinajstić information content (AvgIpc) is 2.61. The van der Waals surface area contributed by atoms with E-state index < -0.39 is 18.6 Å². The fourth-order valence-corrected chi connectivity index (χ4v) is 0.941. The molecule has 1 aromatic heterocycles. The Bertz CT molecular complexity index is 310. The summed E-state index contributed by atoms with van der Waals surface area (Å²) in [4.78, 5) is 0. The Morgan fingerprint density at radius 3 is 2.60 bits per heavy atom. The molecule has 0 spiro atoms. The van der Waals surface area contributed by atoms with Crippen LogP contribution in [0.15, 0.2) is 4.42 Å². The summed E-state index contributed by atoms with van der Waals surface area (Å²) in [5.74, 6) is 0.167. The minimum Gasteiger partial charge on any atom is -0.424 e. The lowest BCUT2D eigenvalue weighted by Crippen LogP contribution is -2.09. The third-order valence-electron chi connectivity index (χ3n) is 1.86. The van der Waals surface area contributed by atoms with Crippen LogP contribution < -0.4 is 5.73 Å². The van der Waals surface area contributed by atoms with Gasteiger partial charge < -0.3 is 10.2 Å². The first-order valence-electron chi connectivity index (χ1n) is 4.57. The predicted octanol–water partition coefficient (Wildman–Crippen LogP) is 1.97. The molecule has 0 aliphatic rings. The summed E-state index contributed by atoms with van der Waals surface area (Å²) in [6.45, 7) is 1.82. The van der Waals surface area contributed by atoms with Crippen LogP contribution in [0.4, 0.5) is 13.2 Å². The summed E-state index contributed by atoms with van der Waals surface area (Å²) in [5.41, 5.74) is 5.57. The van der Waals surface area contributed by atoms with Crippen LogP contribution in [0, 0.1) is 0 Å². The van der Waals surface area contributed by atoms with E-state index in [1.54, 1.807) is 0 Å². The van der Waals surface area contributed by atoms with Crippen molar-refractivity contribution in [3.63, 3.8) is 0 Å². The number of nitrogens with two attached hydrogens (primary N) is 1. The first-order chi connectivity index (χ1) is 6.92. The molecule has 0 saturated carbocycles. The molecule has 1 unspecified atom stereocenters. The van der Waals surface area contributed by atoms with Crippen molar-refractivity contribution in [2.75, 3.05) is 0 Å². The normalized spacial score (nSPS) is 14.2. The van der Waals surface area contributed by atoms with Crippen LogP contribution in [0.25, 0.3) is 0 Å². The second-order valence-corrected chi connectivity index (χ2v) is 3.16. The van der Waals surface area contributed by atoms with Crippen LogP contribution in [0.5, 0.6) is 0 Å². The molecule has 0 aliphatic heterocycles. The van der Waals surface area contributed by atoms with E-state index in [1.807, 2.05) is 6.92 Å². The van der Waals surface area contributed by atoms with Gasteiger partial charge in [0, 0.05) is 6.42 Å². The monoisotopic (exact) mass is 223 g/mol. The first kappa shape index (κ1) is 12.0. The van der Waals surface area contributed by atoms with Gasteiger partial charge in [-0.3, -0.25) is 0 Å². The fraction of sp³-hybridized carbons (Fsp3) is 0.750. The minimum atomic E-state index is -4.21. The van der Waals surface area contributed by atoms with Crippen molar-refractivity contribution in [3.05, 3.63) is 11.8 Å². The van der Waals surface area contributed by atoms with Crippen molar-refractivity contribution >= 4 is 0 Å². The van der Waals surface area contributed by atoms with E-state index in [-0.39, 0.29) is 18.2 Å². The molecule has 7 heteroatoms. The lowest BCUT2D eigenvalue weighted by molar-refractivity contribution is -0.134. The van der Waals surface area contributed by atoms with Gasteiger partial charge in [-0.15, -0.1) is 10.2 Å². The molecule has 0 saturated heterocycles. The van der Waals surface area contributed by atoms with E-state index in [1.165, 1.54) is 0 Å². The molecule has 86 valence electrons. The van der Waals surface area contributed by atoms with Gasteiger partial charge in [-0.05, 0) is 6.42 Å². The van der Waals surface area contributed by atoms with E-state index in [2.05, 4.69) is 10.2 Å². The number of aromatic nitrogens is 2. The summed E-state index contributed by atoms with van der Waals surface area (Å²) in [5, 5.41) is 7.07.